The van der Waals surface area contributed by atoms with E-state index in [9.17, 15) is 10.2 Å². The van der Waals surface area contributed by atoms with E-state index in [-0.39, 0.29) is 10.6 Å². The Kier molecular flexibility index (Phi) is 3.58. The SMILES string of the molecule is C#C[C@@]1(Cl)C(O)[C@@H](CO)O[C@H]1n1cnc2c(=S)nc(N)[nH]c21. The van der Waals surface area contributed by atoms with Crippen molar-refractivity contribution in [3.05, 3.63) is 11.0 Å². The number of hydrogen-bond donors (Lipinski definition) is 4. The van der Waals surface area contributed by atoms with Gasteiger partial charge < -0.3 is 25.7 Å². The van der Waals surface area contributed by atoms with Crippen molar-refractivity contribution >= 4 is 40.9 Å². The molecule has 1 unspecified atom stereocenters. The standard InChI is InChI=1S/C12H12ClN5O3S/c1-2-12(13)7(20)5(3-19)21-10(12)18-4-15-6-8(18)16-11(14)17-9(6)22/h1,4-5,7,10,19-20H,3H2,(H3,14,16,17,22)/t5-,7?,10-,12-/m1/s1. The fourth-order valence-corrected chi connectivity index (χ4v) is 3.00. The number of fused-ring (bicyclic) bond motifs is 1. The molecular formula is C12H12ClN5O3S. The summed E-state index contributed by atoms with van der Waals surface area (Å²) in [6.07, 6.45) is 3.73. The second-order valence-corrected chi connectivity index (χ2v) is 5.86. The maximum absolute atomic E-state index is 10.2. The zero-order valence-electron chi connectivity index (χ0n) is 11.1. The molecule has 0 spiro atoms. The quantitative estimate of drug-likeness (QED) is 0.342. The number of aromatic nitrogens is 4. The number of hydrogen-bond acceptors (Lipinski definition) is 7. The molecule has 1 saturated heterocycles. The zero-order chi connectivity index (χ0) is 16.1. The summed E-state index contributed by atoms with van der Waals surface area (Å²) < 4.78 is 7.29. The number of terminal acetylenes is 1. The molecule has 8 nitrogen and oxygen atoms in total. The Bertz CT molecular complexity index is 830. The van der Waals surface area contributed by atoms with E-state index in [0.29, 0.717) is 11.2 Å². The minimum atomic E-state index is -1.57. The molecule has 116 valence electrons. The molecule has 2 aromatic heterocycles. The number of nitrogens with zero attached hydrogens (tertiary/aromatic N) is 3. The van der Waals surface area contributed by atoms with Crippen LogP contribution in [0.2, 0.25) is 0 Å². The van der Waals surface area contributed by atoms with E-state index in [1.54, 1.807) is 0 Å². The van der Waals surface area contributed by atoms with Crippen LogP contribution in [-0.4, -0.2) is 53.4 Å². The molecule has 0 amide bonds. The number of aliphatic hydroxyl groups excluding tert-OH is 2. The predicted octanol–water partition coefficient (Wildman–Crippen LogP) is -0.0675. The molecule has 22 heavy (non-hydrogen) atoms. The molecular weight excluding hydrogens is 330 g/mol. The third-order valence-corrected chi connectivity index (χ3v) is 4.37. The van der Waals surface area contributed by atoms with Crippen LogP contribution < -0.4 is 5.73 Å². The third kappa shape index (κ3) is 2.00. The molecule has 0 bridgehead atoms. The Morgan fingerprint density at radius 1 is 1.68 bits per heavy atom. The van der Waals surface area contributed by atoms with Gasteiger partial charge in [-0.05, 0) is 0 Å². The molecule has 1 fully saturated rings. The highest BCUT2D eigenvalue weighted by Crippen LogP contribution is 2.43. The number of nitrogen functional groups attached to an aromatic ring is 1. The number of ether oxygens (including phenoxy) is 1. The van der Waals surface area contributed by atoms with E-state index in [2.05, 4.69) is 20.9 Å². The van der Waals surface area contributed by atoms with Gasteiger partial charge in [0.15, 0.2) is 21.7 Å². The van der Waals surface area contributed by atoms with Gasteiger partial charge >= 0.3 is 0 Å². The van der Waals surface area contributed by atoms with Gasteiger partial charge in [0.25, 0.3) is 0 Å². The first-order valence-corrected chi connectivity index (χ1v) is 7.04. The maximum atomic E-state index is 10.2. The normalized spacial score (nSPS) is 31.5. The maximum Gasteiger partial charge on any atom is 0.200 e. The number of alkyl halides is 1. The van der Waals surface area contributed by atoms with Crippen molar-refractivity contribution in [2.75, 3.05) is 12.3 Å². The van der Waals surface area contributed by atoms with E-state index in [1.807, 2.05) is 0 Å². The van der Waals surface area contributed by atoms with Gasteiger partial charge in [0, 0.05) is 0 Å². The second kappa shape index (κ2) is 5.19. The molecule has 10 heteroatoms. The molecule has 0 aliphatic carbocycles. The van der Waals surface area contributed by atoms with Gasteiger partial charge in [-0.2, -0.15) is 0 Å². The topological polar surface area (TPSA) is 122 Å². The Hall–Kier alpha value is -1.70. The van der Waals surface area contributed by atoms with E-state index in [0.717, 1.165) is 0 Å². The van der Waals surface area contributed by atoms with Crippen LogP contribution in [0.5, 0.6) is 0 Å². The number of halogens is 1. The van der Waals surface area contributed by atoms with Crippen LogP contribution in [0.3, 0.4) is 0 Å². The fourth-order valence-electron chi connectivity index (χ4n) is 2.45. The monoisotopic (exact) mass is 341 g/mol. The summed E-state index contributed by atoms with van der Waals surface area (Å²) in [5.74, 6) is 2.43. The molecule has 2 aromatic rings. The van der Waals surface area contributed by atoms with Crippen LogP contribution in [-0.2, 0) is 4.74 Å². The first-order chi connectivity index (χ1) is 10.4. The summed E-state index contributed by atoms with van der Waals surface area (Å²) in [5.41, 5.74) is 6.46. The number of nitrogens with two attached hydrogens (primary N) is 1. The van der Waals surface area contributed by atoms with E-state index in [4.69, 9.17) is 40.7 Å². The Labute approximate surface area is 134 Å². The molecule has 3 rings (SSSR count). The van der Waals surface area contributed by atoms with Crippen molar-refractivity contribution in [2.24, 2.45) is 0 Å². The van der Waals surface area contributed by atoms with Crippen LogP contribution in [0.15, 0.2) is 6.33 Å². The minimum absolute atomic E-state index is 0.0948. The summed E-state index contributed by atoms with van der Waals surface area (Å²) in [4.78, 5) is 9.28. The molecule has 1 aliphatic rings. The minimum Gasteiger partial charge on any atom is -0.394 e. The van der Waals surface area contributed by atoms with Crippen LogP contribution in [0.25, 0.3) is 11.2 Å². The van der Waals surface area contributed by atoms with Gasteiger partial charge in [-0.15, -0.1) is 6.42 Å². The zero-order valence-corrected chi connectivity index (χ0v) is 12.7. The first-order valence-electron chi connectivity index (χ1n) is 6.25. The van der Waals surface area contributed by atoms with Gasteiger partial charge in [0.1, 0.15) is 23.4 Å². The number of rotatable bonds is 2. The molecule has 4 atom stereocenters. The van der Waals surface area contributed by atoms with E-state index in [1.165, 1.54) is 10.9 Å². The molecule has 5 N–H and O–H groups in total. The lowest BCUT2D eigenvalue weighted by molar-refractivity contribution is -0.0436. The average molecular weight is 342 g/mol. The highest BCUT2D eigenvalue weighted by Gasteiger charge is 2.55. The van der Waals surface area contributed by atoms with Crippen LogP contribution in [0.1, 0.15) is 6.23 Å². The smallest absolute Gasteiger partial charge is 0.200 e. The Balaban J connectivity index is 2.19. The van der Waals surface area contributed by atoms with Crippen LogP contribution in [0, 0.1) is 17.0 Å². The van der Waals surface area contributed by atoms with Crippen molar-refractivity contribution in [1.82, 2.24) is 19.5 Å². The molecule has 0 aromatic carbocycles. The average Bonchev–Trinajstić information content (AvgIpc) is 3.00. The number of aliphatic hydroxyl groups is 2. The highest BCUT2D eigenvalue weighted by molar-refractivity contribution is 7.71. The summed E-state index contributed by atoms with van der Waals surface area (Å²) in [6.45, 7) is -0.430. The van der Waals surface area contributed by atoms with Crippen molar-refractivity contribution in [3.63, 3.8) is 0 Å². The lowest BCUT2D eigenvalue weighted by Crippen LogP contribution is -2.41. The Morgan fingerprint density at radius 3 is 3.05 bits per heavy atom. The second-order valence-electron chi connectivity index (χ2n) is 4.84. The predicted molar refractivity (Wildman–Crippen MR) is 81.5 cm³/mol. The van der Waals surface area contributed by atoms with Crippen molar-refractivity contribution in [1.29, 1.82) is 0 Å². The van der Waals surface area contributed by atoms with E-state index >= 15 is 0 Å². The number of aromatic amines is 1. The lowest BCUT2D eigenvalue weighted by Gasteiger charge is -2.25. The summed E-state index contributed by atoms with van der Waals surface area (Å²) in [7, 11) is 0. The van der Waals surface area contributed by atoms with Crippen molar-refractivity contribution in [2.45, 2.75) is 23.3 Å². The fraction of sp³-hybridized carbons (Fsp3) is 0.417. The van der Waals surface area contributed by atoms with Crippen LogP contribution >= 0.6 is 23.8 Å². The number of anilines is 1. The van der Waals surface area contributed by atoms with Gasteiger partial charge in [-0.3, -0.25) is 4.57 Å². The highest BCUT2D eigenvalue weighted by atomic mass is 35.5. The largest absolute Gasteiger partial charge is 0.394 e. The summed E-state index contributed by atoms with van der Waals surface area (Å²) in [5, 5.41) is 19.5. The molecule has 1 aliphatic heterocycles. The number of imidazole rings is 1. The first kappa shape index (κ1) is 15.2. The third-order valence-electron chi connectivity index (χ3n) is 3.56. The number of nitrogens with one attached hydrogen (secondary N) is 1. The summed E-state index contributed by atoms with van der Waals surface area (Å²) in [6, 6.07) is 0. The van der Waals surface area contributed by atoms with Gasteiger partial charge in [-0.25, -0.2) is 9.97 Å². The summed E-state index contributed by atoms with van der Waals surface area (Å²) >= 11 is 11.5. The van der Waals surface area contributed by atoms with Crippen molar-refractivity contribution in [3.8, 4) is 12.3 Å². The molecule has 0 saturated carbocycles. The van der Waals surface area contributed by atoms with Crippen LogP contribution in [0.4, 0.5) is 5.95 Å². The molecule has 0 radical (unpaired) electrons. The van der Waals surface area contributed by atoms with E-state index < -0.39 is 29.9 Å². The van der Waals surface area contributed by atoms with Gasteiger partial charge in [-0.1, -0.05) is 29.7 Å². The Morgan fingerprint density at radius 2 is 2.41 bits per heavy atom. The van der Waals surface area contributed by atoms with Gasteiger partial charge in [0.2, 0.25) is 0 Å². The van der Waals surface area contributed by atoms with Gasteiger partial charge in [0.05, 0.1) is 12.9 Å². The molecule has 3 heterocycles. The number of H-pyrrole nitrogens is 1. The van der Waals surface area contributed by atoms with Crippen molar-refractivity contribution < 1.29 is 14.9 Å². The lowest BCUT2D eigenvalue weighted by atomic mass is 9.99.